The Morgan fingerprint density at radius 2 is 2.25 bits per heavy atom. The van der Waals surface area contributed by atoms with Crippen molar-refractivity contribution < 1.29 is 4.79 Å². The average Bonchev–Trinajstić information content (AvgIpc) is 2.08. The molecule has 0 fully saturated rings. The number of carbonyl (C=O) groups excluding carboxylic acids is 1. The SMILES string of the molecule is CCC(=O)c1nc(Cl)ccc1C. The highest BCUT2D eigenvalue weighted by Crippen LogP contribution is 2.11. The number of halogens is 1. The van der Waals surface area contributed by atoms with Gasteiger partial charge in [-0.2, -0.15) is 0 Å². The molecule has 1 aromatic heterocycles. The summed E-state index contributed by atoms with van der Waals surface area (Å²) < 4.78 is 0. The lowest BCUT2D eigenvalue weighted by Gasteiger charge is -2.01. The summed E-state index contributed by atoms with van der Waals surface area (Å²) in [6.45, 7) is 3.66. The molecule has 0 unspecified atom stereocenters. The van der Waals surface area contributed by atoms with Gasteiger partial charge in [0.2, 0.25) is 0 Å². The van der Waals surface area contributed by atoms with Crippen molar-refractivity contribution in [2.75, 3.05) is 0 Å². The molecule has 0 aliphatic heterocycles. The van der Waals surface area contributed by atoms with Gasteiger partial charge in [0.25, 0.3) is 0 Å². The van der Waals surface area contributed by atoms with Crippen molar-refractivity contribution in [1.82, 2.24) is 4.98 Å². The summed E-state index contributed by atoms with van der Waals surface area (Å²) in [5.41, 5.74) is 1.37. The minimum atomic E-state index is 0.0370. The first-order valence-electron chi connectivity index (χ1n) is 3.81. The quantitative estimate of drug-likeness (QED) is 0.521. The number of ketones is 1. The Morgan fingerprint density at radius 1 is 1.58 bits per heavy atom. The van der Waals surface area contributed by atoms with Crippen LogP contribution in [0.5, 0.6) is 0 Å². The summed E-state index contributed by atoms with van der Waals surface area (Å²) in [6, 6.07) is 3.49. The highest BCUT2D eigenvalue weighted by molar-refractivity contribution is 6.29. The molecule has 1 heterocycles. The van der Waals surface area contributed by atoms with Crippen molar-refractivity contribution in [3.05, 3.63) is 28.5 Å². The fourth-order valence-corrected chi connectivity index (χ4v) is 1.10. The van der Waals surface area contributed by atoms with Crippen LogP contribution < -0.4 is 0 Å². The smallest absolute Gasteiger partial charge is 0.181 e. The minimum Gasteiger partial charge on any atom is -0.292 e. The maximum atomic E-state index is 11.3. The minimum absolute atomic E-state index is 0.0370. The third kappa shape index (κ3) is 1.83. The predicted molar refractivity (Wildman–Crippen MR) is 48.6 cm³/mol. The molecule has 0 saturated carbocycles. The van der Waals surface area contributed by atoms with Gasteiger partial charge >= 0.3 is 0 Å². The normalized spacial score (nSPS) is 9.92. The van der Waals surface area contributed by atoms with Gasteiger partial charge in [-0.1, -0.05) is 24.6 Å². The molecular formula is C9H10ClNO. The van der Waals surface area contributed by atoms with E-state index in [-0.39, 0.29) is 5.78 Å². The molecule has 1 rings (SSSR count). The average molecular weight is 184 g/mol. The number of rotatable bonds is 2. The molecule has 0 aliphatic rings. The Balaban J connectivity index is 3.13. The number of Topliss-reactive ketones (excluding diaryl/α,β-unsaturated/α-hetero) is 1. The van der Waals surface area contributed by atoms with Crippen molar-refractivity contribution >= 4 is 17.4 Å². The maximum absolute atomic E-state index is 11.3. The largest absolute Gasteiger partial charge is 0.292 e. The first-order chi connectivity index (χ1) is 5.65. The fraction of sp³-hybridized carbons (Fsp3) is 0.333. The number of hydrogen-bond donors (Lipinski definition) is 0. The number of carbonyl (C=O) groups is 1. The van der Waals surface area contributed by atoms with E-state index in [0.717, 1.165) is 5.56 Å². The van der Waals surface area contributed by atoms with Crippen LogP contribution in [-0.4, -0.2) is 10.8 Å². The number of pyridine rings is 1. The van der Waals surface area contributed by atoms with Crippen LogP contribution in [0.15, 0.2) is 12.1 Å². The summed E-state index contributed by atoms with van der Waals surface area (Å²) in [4.78, 5) is 15.2. The summed E-state index contributed by atoms with van der Waals surface area (Å²) in [7, 11) is 0. The molecule has 64 valence electrons. The molecule has 3 heteroatoms. The van der Waals surface area contributed by atoms with E-state index in [1.165, 1.54) is 0 Å². The first-order valence-corrected chi connectivity index (χ1v) is 4.19. The lowest BCUT2D eigenvalue weighted by molar-refractivity contribution is 0.0983. The summed E-state index contributed by atoms with van der Waals surface area (Å²) in [6.07, 6.45) is 0.466. The van der Waals surface area contributed by atoms with Crippen LogP contribution in [-0.2, 0) is 0 Å². The third-order valence-corrected chi connectivity index (χ3v) is 1.86. The highest BCUT2D eigenvalue weighted by atomic mass is 35.5. The Morgan fingerprint density at radius 3 is 2.83 bits per heavy atom. The van der Waals surface area contributed by atoms with Gasteiger partial charge in [0.05, 0.1) is 0 Å². The Labute approximate surface area is 76.6 Å². The van der Waals surface area contributed by atoms with E-state index < -0.39 is 0 Å². The van der Waals surface area contributed by atoms with Gasteiger partial charge in [-0.15, -0.1) is 0 Å². The van der Waals surface area contributed by atoms with Crippen LogP contribution in [0, 0.1) is 6.92 Å². The van der Waals surface area contributed by atoms with E-state index >= 15 is 0 Å². The Hall–Kier alpha value is -0.890. The van der Waals surface area contributed by atoms with E-state index in [9.17, 15) is 4.79 Å². The molecule has 2 nitrogen and oxygen atoms in total. The summed E-state index contributed by atoms with van der Waals surface area (Å²) >= 11 is 5.65. The van der Waals surface area contributed by atoms with E-state index in [4.69, 9.17) is 11.6 Å². The van der Waals surface area contributed by atoms with Crippen molar-refractivity contribution in [1.29, 1.82) is 0 Å². The van der Waals surface area contributed by atoms with Crippen LogP contribution in [0.2, 0.25) is 5.15 Å². The molecule has 0 amide bonds. The zero-order valence-corrected chi connectivity index (χ0v) is 7.85. The Bertz CT molecular complexity index is 309. The zero-order chi connectivity index (χ0) is 9.14. The molecule has 0 aromatic carbocycles. The van der Waals surface area contributed by atoms with Crippen LogP contribution in [0.3, 0.4) is 0 Å². The van der Waals surface area contributed by atoms with E-state index in [0.29, 0.717) is 17.3 Å². The summed E-state index contributed by atoms with van der Waals surface area (Å²) in [5, 5.41) is 0.373. The molecule has 0 aliphatic carbocycles. The topological polar surface area (TPSA) is 30.0 Å². The van der Waals surface area contributed by atoms with Crippen molar-refractivity contribution in [3.8, 4) is 0 Å². The molecular weight excluding hydrogens is 174 g/mol. The highest BCUT2D eigenvalue weighted by Gasteiger charge is 2.08. The lowest BCUT2D eigenvalue weighted by Crippen LogP contribution is -2.03. The fourth-order valence-electron chi connectivity index (χ4n) is 0.955. The molecule has 0 N–H and O–H groups in total. The zero-order valence-electron chi connectivity index (χ0n) is 7.10. The van der Waals surface area contributed by atoms with Crippen molar-refractivity contribution in [3.63, 3.8) is 0 Å². The number of hydrogen-bond acceptors (Lipinski definition) is 2. The van der Waals surface area contributed by atoms with Gasteiger partial charge in [0.15, 0.2) is 5.78 Å². The first kappa shape index (κ1) is 9.20. The predicted octanol–water partition coefficient (Wildman–Crippen LogP) is 2.64. The third-order valence-electron chi connectivity index (χ3n) is 1.65. The number of nitrogens with zero attached hydrogens (tertiary/aromatic N) is 1. The monoisotopic (exact) mass is 183 g/mol. The van der Waals surface area contributed by atoms with Crippen molar-refractivity contribution in [2.45, 2.75) is 20.3 Å². The summed E-state index contributed by atoms with van der Waals surface area (Å²) in [5.74, 6) is 0.0370. The van der Waals surface area contributed by atoms with Gasteiger partial charge in [-0.05, 0) is 18.6 Å². The van der Waals surface area contributed by atoms with Crippen LogP contribution in [0.25, 0.3) is 0 Å². The Kier molecular flexibility index (Phi) is 2.82. The molecule has 0 atom stereocenters. The van der Waals surface area contributed by atoms with Gasteiger partial charge in [-0.25, -0.2) is 4.98 Å². The number of aryl methyl sites for hydroxylation is 1. The van der Waals surface area contributed by atoms with Crippen LogP contribution in [0.4, 0.5) is 0 Å². The number of aromatic nitrogens is 1. The van der Waals surface area contributed by atoms with Gasteiger partial charge < -0.3 is 0 Å². The molecule has 1 aromatic rings. The molecule has 0 saturated heterocycles. The van der Waals surface area contributed by atoms with Gasteiger partial charge in [-0.3, -0.25) is 4.79 Å². The molecule has 12 heavy (non-hydrogen) atoms. The van der Waals surface area contributed by atoms with E-state index in [2.05, 4.69) is 4.98 Å². The van der Waals surface area contributed by atoms with Crippen LogP contribution in [0.1, 0.15) is 29.4 Å². The van der Waals surface area contributed by atoms with Gasteiger partial charge in [0.1, 0.15) is 10.8 Å². The second-order valence-corrected chi connectivity index (χ2v) is 2.96. The van der Waals surface area contributed by atoms with Gasteiger partial charge in [0, 0.05) is 6.42 Å². The molecule has 0 radical (unpaired) electrons. The van der Waals surface area contributed by atoms with Crippen LogP contribution >= 0.6 is 11.6 Å². The molecule has 0 bridgehead atoms. The molecule has 0 spiro atoms. The van der Waals surface area contributed by atoms with Crippen molar-refractivity contribution in [2.24, 2.45) is 0 Å². The van der Waals surface area contributed by atoms with E-state index in [1.807, 2.05) is 13.8 Å². The lowest BCUT2D eigenvalue weighted by atomic mass is 10.1. The van der Waals surface area contributed by atoms with E-state index in [1.54, 1.807) is 12.1 Å². The second-order valence-electron chi connectivity index (χ2n) is 2.58. The maximum Gasteiger partial charge on any atom is 0.181 e. The second kappa shape index (κ2) is 3.68. The standard InChI is InChI=1S/C9H10ClNO/c1-3-7(12)9-6(2)4-5-8(10)11-9/h4-5H,3H2,1-2H3.